The molecule has 1 aromatic heterocycles. The zero-order valence-electron chi connectivity index (χ0n) is 11.4. The molecule has 0 aliphatic carbocycles. The second-order valence-electron chi connectivity index (χ2n) is 5.54. The number of halogens is 1. The zero-order chi connectivity index (χ0) is 14.4. The van der Waals surface area contributed by atoms with Crippen molar-refractivity contribution < 1.29 is 14.4 Å². The highest BCUT2D eigenvalue weighted by atomic mass is 35.5. The van der Waals surface area contributed by atoms with Gasteiger partial charge >= 0.3 is 0 Å². The number of aliphatic hydroxyl groups is 1. The molecule has 0 fully saturated rings. The molecule has 0 bridgehead atoms. The van der Waals surface area contributed by atoms with E-state index in [4.69, 9.17) is 16.1 Å². The minimum absolute atomic E-state index is 0.0651. The Balaban J connectivity index is 2.35. The smallest absolute Gasteiger partial charge is 0.273 e. The minimum atomic E-state index is -1.07. The van der Waals surface area contributed by atoms with Gasteiger partial charge in [-0.2, -0.15) is 0 Å². The highest BCUT2D eigenvalue weighted by Crippen LogP contribution is 2.34. The van der Waals surface area contributed by atoms with E-state index in [0.717, 1.165) is 4.90 Å². The summed E-state index contributed by atoms with van der Waals surface area (Å²) in [5, 5.41) is 14.1. The number of anilines is 1. The van der Waals surface area contributed by atoms with Crippen LogP contribution in [-0.4, -0.2) is 22.4 Å². The fourth-order valence-corrected chi connectivity index (χ4v) is 2.25. The monoisotopic (exact) mass is 284 g/mol. The molecule has 1 aliphatic heterocycles. The van der Waals surface area contributed by atoms with Gasteiger partial charge in [-0.05, 0) is 6.42 Å². The van der Waals surface area contributed by atoms with E-state index in [1.807, 2.05) is 27.7 Å². The van der Waals surface area contributed by atoms with E-state index < -0.39 is 12.1 Å². The second-order valence-corrected chi connectivity index (χ2v) is 5.92. The third-order valence-electron chi connectivity index (χ3n) is 3.11. The van der Waals surface area contributed by atoms with Crippen molar-refractivity contribution in [1.29, 1.82) is 0 Å². The van der Waals surface area contributed by atoms with Crippen molar-refractivity contribution in [2.24, 2.45) is 0 Å². The van der Waals surface area contributed by atoms with Gasteiger partial charge in [0.1, 0.15) is 10.8 Å². The Bertz CT molecular complexity index is 542. The van der Waals surface area contributed by atoms with Crippen molar-refractivity contribution in [2.75, 3.05) is 4.90 Å². The number of rotatable bonds is 2. The molecule has 0 saturated carbocycles. The summed E-state index contributed by atoms with van der Waals surface area (Å²) in [5.41, 5.74) is 0.288. The Morgan fingerprint density at radius 3 is 2.58 bits per heavy atom. The highest BCUT2D eigenvalue weighted by molar-refractivity contribution is 6.45. The number of carbonyl (C=O) groups is 1. The molecule has 19 heavy (non-hydrogen) atoms. The average molecular weight is 285 g/mol. The van der Waals surface area contributed by atoms with E-state index in [-0.39, 0.29) is 16.3 Å². The molecule has 1 atom stereocenters. The average Bonchev–Trinajstić information content (AvgIpc) is 2.85. The van der Waals surface area contributed by atoms with E-state index in [2.05, 4.69) is 5.16 Å². The lowest BCUT2D eigenvalue weighted by molar-refractivity contribution is -0.115. The quantitative estimate of drug-likeness (QED) is 0.906. The van der Waals surface area contributed by atoms with E-state index in [0.29, 0.717) is 17.8 Å². The number of hydrogen-bond acceptors (Lipinski definition) is 4. The molecule has 1 amide bonds. The van der Waals surface area contributed by atoms with Crippen LogP contribution in [0.2, 0.25) is 0 Å². The van der Waals surface area contributed by atoms with Gasteiger partial charge in [-0.3, -0.25) is 9.69 Å². The van der Waals surface area contributed by atoms with Crippen LogP contribution in [0.15, 0.2) is 21.2 Å². The Hall–Kier alpha value is -1.33. The summed E-state index contributed by atoms with van der Waals surface area (Å²) in [6.45, 7) is 7.76. The Labute approximate surface area is 116 Å². The van der Waals surface area contributed by atoms with Gasteiger partial charge in [0.05, 0.1) is 0 Å². The maximum atomic E-state index is 12.0. The van der Waals surface area contributed by atoms with Gasteiger partial charge in [0.2, 0.25) is 0 Å². The number of amides is 1. The maximum absolute atomic E-state index is 12.0. The molecular formula is C13H17ClN2O3. The molecule has 1 aromatic rings. The fraction of sp³-hybridized carbons (Fsp3) is 0.538. The summed E-state index contributed by atoms with van der Waals surface area (Å²) < 4.78 is 5.23. The molecule has 0 radical (unpaired) electrons. The third-order valence-corrected chi connectivity index (χ3v) is 3.51. The van der Waals surface area contributed by atoms with Gasteiger partial charge in [0.25, 0.3) is 5.91 Å². The van der Waals surface area contributed by atoms with Crippen LogP contribution in [0, 0.1) is 0 Å². The van der Waals surface area contributed by atoms with Gasteiger partial charge < -0.3 is 9.63 Å². The van der Waals surface area contributed by atoms with Crippen molar-refractivity contribution in [3.05, 3.63) is 22.4 Å². The topological polar surface area (TPSA) is 66.6 Å². The van der Waals surface area contributed by atoms with Crippen molar-refractivity contribution in [3.8, 4) is 0 Å². The molecule has 1 unspecified atom stereocenters. The number of aliphatic hydroxyl groups excluding tert-OH is 1. The minimum Gasteiger partial charge on any atom is -0.369 e. The zero-order valence-corrected chi connectivity index (χ0v) is 12.2. The summed E-state index contributed by atoms with van der Waals surface area (Å²) in [6, 6.07) is 1.66. The first-order valence-corrected chi connectivity index (χ1v) is 6.52. The van der Waals surface area contributed by atoms with Crippen molar-refractivity contribution in [2.45, 2.75) is 45.8 Å². The third kappa shape index (κ3) is 2.28. The summed E-state index contributed by atoms with van der Waals surface area (Å²) >= 11 is 5.94. The van der Waals surface area contributed by atoms with E-state index >= 15 is 0 Å². The molecule has 5 nitrogen and oxygen atoms in total. The summed E-state index contributed by atoms with van der Waals surface area (Å²) in [4.78, 5) is 13.2. The van der Waals surface area contributed by atoms with Crippen LogP contribution < -0.4 is 4.90 Å². The van der Waals surface area contributed by atoms with E-state index in [1.54, 1.807) is 6.07 Å². The molecule has 0 saturated heterocycles. The van der Waals surface area contributed by atoms with Gasteiger partial charge in [0.15, 0.2) is 12.0 Å². The van der Waals surface area contributed by atoms with Gasteiger partial charge in [0, 0.05) is 17.1 Å². The number of nitrogens with zero attached hydrogens (tertiary/aromatic N) is 2. The largest absolute Gasteiger partial charge is 0.369 e. The predicted octanol–water partition coefficient (Wildman–Crippen LogP) is 2.54. The molecule has 2 rings (SSSR count). The SMILES string of the molecule is CCC1=C(Cl)C(=O)N(c2cc(C(C)(C)C)on2)C1O. The molecular weight excluding hydrogens is 268 g/mol. The standard InChI is InChI=1S/C13H17ClN2O3/c1-5-7-10(14)12(18)16(11(7)17)9-6-8(19-15-9)13(2,3)4/h6,11,17H,5H2,1-4H3. The number of aromatic nitrogens is 1. The molecule has 6 heteroatoms. The van der Waals surface area contributed by atoms with Crippen LogP contribution in [0.3, 0.4) is 0 Å². The molecule has 1 aliphatic rings. The molecule has 2 heterocycles. The lowest BCUT2D eigenvalue weighted by atomic mass is 9.93. The first-order chi connectivity index (χ1) is 8.77. The first-order valence-electron chi connectivity index (χ1n) is 6.14. The lowest BCUT2D eigenvalue weighted by Gasteiger charge is -2.18. The molecule has 104 valence electrons. The fourth-order valence-electron chi connectivity index (χ4n) is 1.92. The van der Waals surface area contributed by atoms with Crippen molar-refractivity contribution >= 4 is 23.3 Å². The van der Waals surface area contributed by atoms with Crippen LogP contribution >= 0.6 is 11.6 Å². The molecule has 1 N–H and O–H groups in total. The summed E-state index contributed by atoms with van der Waals surface area (Å²) in [5.74, 6) is 0.479. The van der Waals surface area contributed by atoms with Gasteiger partial charge in [-0.25, -0.2) is 0 Å². The van der Waals surface area contributed by atoms with E-state index in [1.165, 1.54) is 0 Å². The lowest BCUT2D eigenvalue weighted by Crippen LogP contribution is -2.35. The Morgan fingerprint density at radius 2 is 2.16 bits per heavy atom. The van der Waals surface area contributed by atoms with E-state index in [9.17, 15) is 9.90 Å². The van der Waals surface area contributed by atoms with Crippen molar-refractivity contribution in [3.63, 3.8) is 0 Å². The number of hydrogen-bond donors (Lipinski definition) is 1. The maximum Gasteiger partial charge on any atom is 0.273 e. The summed E-state index contributed by atoms with van der Waals surface area (Å²) in [7, 11) is 0. The Kier molecular flexibility index (Phi) is 3.45. The summed E-state index contributed by atoms with van der Waals surface area (Å²) in [6.07, 6.45) is -0.561. The normalized spacial score (nSPS) is 20.6. The van der Waals surface area contributed by atoms with Crippen LogP contribution in [0.5, 0.6) is 0 Å². The Morgan fingerprint density at radius 1 is 1.53 bits per heavy atom. The van der Waals surface area contributed by atoms with Gasteiger partial charge in [-0.15, -0.1) is 0 Å². The molecule has 0 aromatic carbocycles. The number of carbonyl (C=O) groups excluding carboxylic acids is 1. The van der Waals surface area contributed by atoms with Crippen LogP contribution in [0.1, 0.15) is 39.9 Å². The highest BCUT2D eigenvalue weighted by Gasteiger charge is 2.39. The first kappa shape index (κ1) is 14.1. The van der Waals surface area contributed by atoms with Crippen LogP contribution in [0.4, 0.5) is 5.82 Å². The van der Waals surface area contributed by atoms with Crippen LogP contribution in [0.25, 0.3) is 0 Å². The second kappa shape index (κ2) is 4.65. The van der Waals surface area contributed by atoms with Crippen LogP contribution in [-0.2, 0) is 10.2 Å². The molecule has 0 spiro atoms. The van der Waals surface area contributed by atoms with Gasteiger partial charge in [-0.1, -0.05) is 44.5 Å². The predicted molar refractivity (Wildman–Crippen MR) is 71.9 cm³/mol. The van der Waals surface area contributed by atoms with Crippen molar-refractivity contribution in [1.82, 2.24) is 5.16 Å².